The summed E-state index contributed by atoms with van der Waals surface area (Å²) >= 11 is 3.55. The molecule has 2 rings (SSSR count). The molecular weight excluding hydrogens is 356 g/mol. The molecule has 0 bridgehead atoms. The Labute approximate surface area is 146 Å². The van der Waals surface area contributed by atoms with Gasteiger partial charge in [0.1, 0.15) is 5.75 Å². The summed E-state index contributed by atoms with van der Waals surface area (Å²) in [5, 5.41) is 0. The quantitative estimate of drug-likeness (QED) is 0.619. The summed E-state index contributed by atoms with van der Waals surface area (Å²) in [7, 11) is 3.42. The Balaban J connectivity index is 2.05. The molecule has 0 aliphatic heterocycles. The maximum Gasteiger partial charge on any atom is 0.133 e. The first-order valence-corrected chi connectivity index (χ1v) is 8.46. The zero-order valence-corrected chi connectivity index (χ0v) is 15.3. The topological polar surface area (TPSA) is 34.6 Å². The van der Waals surface area contributed by atoms with E-state index in [1.807, 2.05) is 24.4 Å². The summed E-state index contributed by atoms with van der Waals surface area (Å²) in [6.07, 6.45) is 2.84. The van der Waals surface area contributed by atoms with Crippen molar-refractivity contribution in [2.24, 2.45) is 0 Å². The lowest BCUT2D eigenvalue weighted by Crippen LogP contribution is -2.25. The van der Waals surface area contributed by atoms with Gasteiger partial charge in [-0.2, -0.15) is 0 Å². The standard InChI is InChI=1S/C18H23BrN2O2/c1-22-11-5-10-21(14-16-6-3-4-9-20-16)13-15-7-8-18(23-2)17(19)12-15/h3-4,6-9,12H,5,10-11,13-14H2,1-2H3. The second kappa shape index (κ2) is 9.65. The van der Waals surface area contributed by atoms with Gasteiger partial charge in [0.25, 0.3) is 0 Å². The predicted octanol–water partition coefficient (Wildman–Crippen LogP) is 3.89. The van der Waals surface area contributed by atoms with Gasteiger partial charge in [-0.25, -0.2) is 0 Å². The van der Waals surface area contributed by atoms with Gasteiger partial charge < -0.3 is 9.47 Å². The fourth-order valence-corrected chi connectivity index (χ4v) is 3.02. The van der Waals surface area contributed by atoms with Gasteiger partial charge in [0.05, 0.1) is 17.3 Å². The molecule has 1 aromatic carbocycles. The SMILES string of the molecule is COCCCN(Cc1ccc(OC)c(Br)c1)Cc1ccccn1. The summed E-state index contributed by atoms with van der Waals surface area (Å²) in [6, 6.07) is 12.2. The van der Waals surface area contributed by atoms with Gasteiger partial charge in [0, 0.05) is 39.5 Å². The monoisotopic (exact) mass is 378 g/mol. The van der Waals surface area contributed by atoms with E-state index >= 15 is 0 Å². The van der Waals surface area contributed by atoms with Crippen molar-refractivity contribution < 1.29 is 9.47 Å². The second-order valence-electron chi connectivity index (χ2n) is 5.35. The van der Waals surface area contributed by atoms with Crippen LogP contribution in [0, 0.1) is 0 Å². The van der Waals surface area contributed by atoms with E-state index in [1.165, 1.54) is 5.56 Å². The number of hydrogen-bond donors (Lipinski definition) is 0. The van der Waals surface area contributed by atoms with Crippen molar-refractivity contribution >= 4 is 15.9 Å². The van der Waals surface area contributed by atoms with Crippen LogP contribution in [-0.4, -0.2) is 37.3 Å². The van der Waals surface area contributed by atoms with Crippen molar-refractivity contribution in [2.45, 2.75) is 19.5 Å². The average molecular weight is 379 g/mol. The minimum atomic E-state index is 0.769. The molecular formula is C18H23BrN2O2. The Kier molecular flexibility index (Phi) is 7.52. The van der Waals surface area contributed by atoms with E-state index < -0.39 is 0 Å². The largest absolute Gasteiger partial charge is 0.496 e. The van der Waals surface area contributed by atoms with Crippen molar-refractivity contribution in [1.82, 2.24) is 9.88 Å². The Morgan fingerprint density at radius 1 is 1.13 bits per heavy atom. The zero-order valence-electron chi connectivity index (χ0n) is 13.7. The number of hydrogen-bond acceptors (Lipinski definition) is 4. The maximum atomic E-state index is 5.29. The van der Waals surface area contributed by atoms with Crippen LogP contribution in [-0.2, 0) is 17.8 Å². The van der Waals surface area contributed by atoms with Crippen molar-refractivity contribution in [3.05, 3.63) is 58.3 Å². The minimum absolute atomic E-state index is 0.769. The van der Waals surface area contributed by atoms with Gasteiger partial charge in [-0.15, -0.1) is 0 Å². The molecule has 0 aliphatic rings. The highest BCUT2D eigenvalue weighted by atomic mass is 79.9. The van der Waals surface area contributed by atoms with Crippen LogP contribution in [0.15, 0.2) is 47.1 Å². The summed E-state index contributed by atoms with van der Waals surface area (Å²) in [5.41, 5.74) is 2.32. The van der Waals surface area contributed by atoms with E-state index in [0.717, 1.165) is 48.6 Å². The second-order valence-corrected chi connectivity index (χ2v) is 6.20. The molecule has 0 atom stereocenters. The van der Waals surface area contributed by atoms with Gasteiger partial charge in [-0.05, 0) is 52.2 Å². The average Bonchev–Trinajstić information content (AvgIpc) is 2.56. The first-order valence-electron chi connectivity index (χ1n) is 7.66. The van der Waals surface area contributed by atoms with Crippen molar-refractivity contribution in [3.8, 4) is 5.75 Å². The number of pyridine rings is 1. The molecule has 4 nitrogen and oxygen atoms in total. The van der Waals surface area contributed by atoms with Crippen molar-refractivity contribution in [2.75, 3.05) is 27.4 Å². The third-order valence-corrected chi connectivity index (χ3v) is 4.18. The number of methoxy groups -OCH3 is 2. The smallest absolute Gasteiger partial charge is 0.133 e. The normalized spacial score (nSPS) is 11.0. The van der Waals surface area contributed by atoms with Crippen molar-refractivity contribution in [1.29, 1.82) is 0 Å². The van der Waals surface area contributed by atoms with Gasteiger partial charge in [-0.1, -0.05) is 12.1 Å². The Bertz CT molecular complexity index is 593. The van der Waals surface area contributed by atoms with Crippen LogP contribution >= 0.6 is 15.9 Å². The molecule has 23 heavy (non-hydrogen) atoms. The van der Waals surface area contributed by atoms with Crippen LogP contribution in [0.3, 0.4) is 0 Å². The molecule has 2 aromatic rings. The number of benzene rings is 1. The van der Waals surface area contributed by atoms with Gasteiger partial charge >= 0.3 is 0 Å². The Morgan fingerprint density at radius 2 is 2.00 bits per heavy atom. The third kappa shape index (κ3) is 5.94. The predicted molar refractivity (Wildman–Crippen MR) is 95.5 cm³/mol. The highest BCUT2D eigenvalue weighted by Crippen LogP contribution is 2.26. The lowest BCUT2D eigenvalue weighted by Gasteiger charge is -2.22. The Hall–Kier alpha value is -1.43. The first kappa shape index (κ1) is 17.9. The third-order valence-electron chi connectivity index (χ3n) is 3.56. The summed E-state index contributed by atoms with van der Waals surface area (Å²) in [4.78, 5) is 6.82. The fourth-order valence-electron chi connectivity index (χ4n) is 2.43. The minimum Gasteiger partial charge on any atom is -0.496 e. The van der Waals surface area contributed by atoms with Crippen LogP contribution in [0.5, 0.6) is 5.75 Å². The number of rotatable bonds is 9. The van der Waals surface area contributed by atoms with Crippen LogP contribution in [0.4, 0.5) is 0 Å². The molecule has 0 radical (unpaired) electrons. The molecule has 0 fully saturated rings. The highest BCUT2D eigenvalue weighted by Gasteiger charge is 2.09. The van der Waals surface area contributed by atoms with Crippen LogP contribution in [0.2, 0.25) is 0 Å². The van der Waals surface area contributed by atoms with Gasteiger partial charge in [-0.3, -0.25) is 9.88 Å². The Morgan fingerprint density at radius 3 is 2.65 bits per heavy atom. The van der Waals surface area contributed by atoms with E-state index in [4.69, 9.17) is 9.47 Å². The molecule has 0 N–H and O–H groups in total. The van der Waals surface area contributed by atoms with E-state index in [0.29, 0.717) is 0 Å². The fraction of sp³-hybridized carbons (Fsp3) is 0.389. The number of nitrogens with zero attached hydrogens (tertiary/aromatic N) is 2. The van der Waals surface area contributed by atoms with Crippen LogP contribution < -0.4 is 4.74 Å². The molecule has 0 unspecified atom stereocenters. The molecule has 1 aromatic heterocycles. The number of ether oxygens (including phenoxy) is 2. The van der Waals surface area contributed by atoms with E-state index in [2.05, 4.69) is 44.0 Å². The molecule has 0 aliphatic carbocycles. The lowest BCUT2D eigenvalue weighted by atomic mass is 10.2. The molecule has 0 amide bonds. The lowest BCUT2D eigenvalue weighted by molar-refractivity contribution is 0.166. The highest BCUT2D eigenvalue weighted by molar-refractivity contribution is 9.10. The van der Waals surface area contributed by atoms with Gasteiger partial charge in [0.2, 0.25) is 0 Å². The van der Waals surface area contributed by atoms with E-state index in [9.17, 15) is 0 Å². The molecule has 0 saturated heterocycles. The van der Waals surface area contributed by atoms with E-state index in [1.54, 1.807) is 14.2 Å². The maximum absolute atomic E-state index is 5.29. The first-order chi connectivity index (χ1) is 11.2. The summed E-state index contributed by atoms with van der Waals surface area (Å²) in [5.74, 6) is 0.851. The molecule has 0 saturated carbocycles. The number of halogens is 1. The van der Waals surface area contributed by atoms with E-state index in [-0.39, 0.29) is 0 Å². The van der Waals surface area contributed by atoms with Crippen LogP contribution in [0.1, 0.15) is 17.7 Å². The van der Waals surface area contributed by atoms with Crippen molar-refractivity contribution in [3.63, 3.8) is 0 Å². The summed E-state index contributed by atoms with van der Waals surface area (Å²) in [6.45, 7) is 3.43. The molecule has 1 heterocycles. The summed E-state index contributed by atoms with van der Waals surface area (Å²) < 4.78 is 11.4. The molecule has 0 spiro atoms. The zero-order chi connectivity index (χ0) is 16.5. The number of aromatic nitrogens is 1. The van der Waals surface area contributed by atoms with Crippen LogP contribution in [0.25, 0.3) is 0 Å². The van der Waals surface area contributed by atoms with Gasteiger partial charge in [0.15, 0.2) is 0 Å². The molecule has 5 heteroatoms. The molecule has 124 valence electrons.